The summed E-state index contributed by atoms with van der Waals surface area (Å²) in [6.07, 6.45) is 5.27. The largest absolute Gasteiger partial charge is 0.458 e. The molecule has 0 bridgehead atoms. The highest BCUT2D eigenvalue weighted by atomic mass is 16.6. The number of hydrogen-bond donors (Lipinski definition) is 0. The van der Waals surface area contributed by atoms with Crippen LogP contribution in [0.5, 0.6) is 0 Å². The molecular formula is C20H26O5. The summed E-state index contributed by atoms with van der Waals surface area (Å²) in [5.74, 6) is -1.17. The second-order valence-electron chi connectivity index (χ2n) is 7.51. The summed E-state index contributed by atoms with van der Waals surface area (Å²) in [6.45, 7) is 11.5. The molecule has 5 heteroatoms. The molecule has 2 saturated heterocycles. The molecule has 136 valence electrons. The predicted molar refractivity (Wildman–Crippen MR) is 92.7 cm³/mol. The first-order valence-corrected chi connectivity index (χ1v) is 8.84. The van der Waals surface area contributed by atoms with Crippen LogP contribution in [0.25, 0.3) is 0 Å². The van der Waals surface area contributed by atoms with Crippen molar-refractivity contribution >= 4 is 11.9 Å². The van der Waals surface area contributed by atoms with Gasteiger partial charge in [0.1, 0.15) is 12.2 Å². The van der Waals surface area contributed by atoms with E-state index in [1.54, 1.807) is 19.9 Å². The van der Waals surface area contributed by atoms with Gasteiger partial charge in [-0.05, 0) is 46.6 Å². The summed E-state index contributed by atoms with van der Waals surface area (Å²) in [7, 11) is 0. The van der Waals surface area contributed by atoms with Crippen molar-refractivity contribution in [2.75, 3.05) is 0 Å². The Balaban J connectivity index is 1.94. The number of esters is 2. The average molecular weight is 346 g/mol. The standard InChI is InChI=1S/C20H26O5/c1-6-12(3)18(21)23-14-9-11(2)7-8-16-20(5,25-16)10-15-17(14)13(4)19(22)24-15/h6,9,14-17H,4,7-8,10H2,1-3,5H3/b11-9+,12-6+/t14-,15-,16-,17-,20+/m0/s1. The van der Waals surface area contributed by atoms with Gasteiger partial charge in [-0.1, -0.05) is 18.2 Å². The van der Waals surface area contributed by atoms with Gasteiger partial charge >= 0.3 is 11.9 Å². The lowest BCUT2D eigenvalue weighted by molar-refractivity contribution is -0.145. The van der Waals surface area contributed by atoms with Crippen molar-refractivity contribution in [1.82, 2.24) is 0 Å². The molecule has 0 aromatic heterocycles. The number of allylic oxidation sites excluding steroid dienone is 2. The molecule has 0 aromatic rings. The maximum Gasteiger partial charge on any atom is 0.334 e. The number of hydrogen-bond acceptors (Lipinski definition) is 5. The maximum atomic E-state index is 12.3. The summed E-state index contributed by atoms with van der Waals surface area (Å²) in [4.78, 5) is 24.4. The number of carbonyl (C=O) groups is 2. The third kappa shape index (κ3) is 3.43. The topological polar surface area (TPSA) is 65.1 Å². The average Bonchev–Trinajstić information content (AvgIpc) is 3.11. The summed E-state index contributed by atoms with van der Waals surface area (Å²) < 4.78 is 17.2. The monoisotopic (exact) mass is 346 g/mol. The van der Waals surface area contributed by atoms with Crippen LogP contribution < -0.4 is 0 Å². The Morgan fingerprint density at radius 1 is 1.48 bits per heavy atom. The van der Waals surface area contributed by atoms with E-state index in [1.165, 1.54) is 0 Å². The minimum Gasteiger partial charge on any atom is -0.458 e. The van der Waals surface area contributed by atoms with Gasteiger partial charge in [-0.2, -0.15) is 0 Å². The summed E-state index contributed by atoms with van der Waals surface area (Å²) >= 11 is 0. The molecule has 2 heterocycles. The lowest BCUT2D eigenvalue weighted by Gasteiger charge is -2.27. The van der Waals surface area contributed by atoms with E-state index in [2.05, 4.69) is 13.5 Å². The van der Waals surface area contributed by atoms with Crippen LogP contribution in [-0.4, -0.2) is 35.9 Å². The highest BCUT2D eigenvalue weighted by molar-refractivity contribution is 5.91. The molecule has 5 atom stereocenters. The van der Waals surface area contributed by atoms with Crippen LogP contribution in [0, 0.1) is 5.92 Å². The lowest BCUT2D eigenvalue weighted by atomic mass is 9.83. The van der Waals surface area contributed by atoms with E-state index in [0.717, 1.165) is 18.4 Å². The number of ether oxygens (including phenoxy) is 3. The Hall–Kier alpha value is -1.88. The second kappa shape index (κ2) is 6.45. The van der Waals surface area contributed by atoms with Gasteiger partial charge in [0.2, 0.25) is 0 Å². The van der Waals surface area contributed by atoms with Crippen molar-refractivity contribution in [2.24, 2.45) is 5.92 Å². The molecule has 0 amide bonds. The minimum atomic E-state index is -0.565. The molecule has 3 aliphatic rings. The number of carbonyl (C=O) groups excluding carboxylic acids is 2. The van der Waals surface area contributed by atoms with Gasteiger partial charge in [-0.25, -0.2) is 9.59 Å². The van der Waals surface area contributed by atoms with E-state index in [9.17, 15) is 9.59 Å². The van der Waals surface area contributed by atoms with E-state index in [0.29, 0.717) is 17.6 Å². The van der Waals surface area contributed by atoms with E-state index >= 15 is 0 Å². The highest BCUT2D eigenvalue weighted by Crippen LogP contribution is 2.48. The van der Waals surface area contributed by atoms with E-state index in [1.807, 2.05) is 13.0 Å². The summed E-state index contributed by atoms with van der Waals surface area (Å²) in [6, 6.07) is 0. The Kier molecular flexibility index (Phi) is 4.62. The van der Waals surface area contributed by atoms with Crippen LogP contribution >= 0.6 is 0 Å². The van der Waals surface area contributed by atoms with E-state index in [-0.39, 0.29) is 29.7 Å². The Morgan fingerprint density at radius 2 is 2.20 bits per heavy atom. The highest BCUT2D eigenvalue weighted by Gasteiger charge is 2.57. The summed E-state index contributed by atoms with van der Waals surface area (Å²) in [5, 5.41) is 0. The normalized spacial score (nSPS) is 40.3. The molecule has 5 nitrogen and oxygen atoms in total. The molecule has 0 radical (unpaired) electrons. The molecule has 0 spiro atoms. The van der Waals surface area contributed by atoms with Crippen LogP contribution in [0.4, 0.5) is 0 Å². The zero-order valence-corrected chi connectivity index (χ0v) is 15.3. The van der Waals surface area contributed by atoms with Crippen LogP contribution in [0.15, 0.2) is 35.5 Å². The number of epoxide rings is 1. The fourth-order valence-corrected chi connectivity index (χ4v) is 3.73. The van der Waals surface area contributed by atoms with Gasteiger partial charge in [-0.3, -0.25) is 0 Å². The number of rotatable bonds is 2. The molecule has 0 saturated carbocycles. The van der Waals surface area contributed by atoms with Crippen molar-refractivity contribution in [3.63, 3.8) is 0 Å². The second-order valence-corrected chi connectivity index (χ2v) is 7.51. The first-order valence-electron chi connectivity index (χ1n) is 8.84. The molecule has 2 fully saturated rings. The van der Waals surface area contributed by atoms with Gasteiger partial charge in [0, 0.05) is 17.6 Å². The van der Waals surface area contributed by atoms with Gasteiger partial charge in [0.15, 0.2) is 0 Å². The minimum absolute atomic E-state index is 0.188. The first kappa shape index (κ1) is 17.9. The smallest absolute Gasteiger partial charge is 0.334 e. The maximum absolute atomic E-state index is 12.3. The SMILES string of the molecule is C=C1C(=O)O[C@H]2C[C@@]3(C)O[C@H]3CC/C(C)=C/[C@H](OC(=O)/C(C)=C/C)[C@H]12. The van der Waals surface area contributed by atoms with Crippen molar-refractivity contribution in [1.29, 1.82) is 0 Å². The van der Waals surface area contributed by atoms with Crippen molar-refractivity contribution in [3.8, 4) is 0 Å². The molecule has 1 aliphatic carbocycles. The molecule has 0 N–H and O–H groups in total. The lowest BCUT2D eigenvalue weighted by Crippen LogP contribution is -2.35. The van der Waals surface area contributed by atoms with Crippen molar-refractivity contribution < 1.29 is 23.8 Å². The third-order valence-electron chi connectivity index (χ3n) is 5.57. The van der Waals surface area contributed by atoms with Gasteiger partial charge in [0.25, 0.3) is 0 Å². The zero-order chi connectivity index (χ0) is 18.4. The predicted octanol–water partition coefficient (Wildman–Crippen LogP) is 3.25. The summed E-state index contributed by atoms with van der Waals surface area (Å²) in [5.41, 5.74) is 1.74. The quantitative estimate of drug-likeness (QED) is 0.332. The molecule has 0 unspecified atom stereocenters. The molecule has 3 rings (SSSR count). The van der Waals surface area contributed by atoms with Crippen molar-refractivity contribution in [3.05, 3.63) is 35.5 Å². The first-order chi connectivity index (χ1) is 11.7. The zero-order valence-electron chi connectivity index (χ0n) is 15.3. The third-order valence-corrected chi connectivity index (χ3v) is 5.57. The van der Waals surface area contributed by atoms with E-state index < -0.39 is 12.1 Å². The van der Waals surface area contributed by atoms with Crippen LogP contribution in [0.2, 0.25) is 0 Å². The van der Waals surface area contributed by atoms with E-state index in [4.69, 9.17) is 14.2 Å². The Morgan fingerprint density at radius 3 is 2.88 bits per heavy atom. The van der Waals surface area contributed by atoms with Crippen LogP contribution in [0.1, 0.15) is 47.0 Å². The fourth-order valence-electron chi connectivity index (χ4n) is 3.73. The van der Waals surface area contributed by atoms with Crippen LogP contribution in [-0.2, 0) is 23.8 Å². The van der Waals surface area contributed by atoms with Crippen molar-refractivity contribution in [2.45, 2.75) is 70.9 Å². The molecule has 25 heavy (non-hydrogen) atoms. The fraction of sp³-hybridized carbons (Fsp3) is 0.600. The van der Waals surface area contributed by atoms with Crippen LogP contribution in [0.3, 0.4) is 0 Å². The Bertz CT molecular complexity index is 674. The number of fused-ring (bicyclic) bond motifs is 2. The molecular weight excluding hydrogens is 320 g/mol. The van der Waals surface area contributed by atoms with Gasteiger partial charge < -0.3 is 14.2 Å². The molecule has 0 aromatic carbocycles. The van der Waals surface area contributed by atoms with Gasteiger partial charge in [0.05, 0.1) is 17.6 Å². The van der Waals surface area contributed by atoms with Gasteiger partial charge in [-0.15, -0.1) is 0 Å². The molecule has 2 aliphatic heterocycles. The Labute approximate surface area is 148 Å².